The van der Waals surface area contributed by atoms with Crippen molar-refractivity contribution in [2.75, 3.05) is 7.11 Å². The summed E-state index contributed by atoms with van der Waals surface area (Å²) in [7, 11) is 1.66. The first-order valence-electron chi connectivity index (χ1n) is 6.41. The summed E-state index contributed by atoms with van der Waals surface area (Å²) in [4.78, 5) is 0. The number of aliphatic hydroxyl groups is 1. The maximum atomic E-state index is 10.2. The van der Waals surface area contributed by atoms with Crippen LogP contribution in [0.15, 0.2) is 30.3 Å². The summed E-state index contributed by atoms with van der Waals surface area (Å²) < 4.78 is 5.41. The Morgan fingerprint density at radius 3 is 2.29 bits per heavy atom. The molecule has 17 heavy (non-hydrogen) atoms. The van der Waals surface area contributed by atoms with E-state index in [1.54, 1.807) is 7.11 Å². The number of ether oxygens (including phenoxy) is 1. The highest BCUT2D eigenvalue weighted by Crippen LogP contribution is 2.24. The molecule has 0 aliphatic heterocycles. The van der Waals surface area contributed by atoms with Crippen molar-refractivity contribution in [2.24, 2.45) is 5.92 Å². The number of benzene rings is 1. The maximum absolute atomic E-state index is 10.2. The van der Waals surface area contributed by atoms with Crippen LogP contribution in [-0.2, 0) is 4.74 Å². The predicted molar refractivity (Wildman–Crippen MR) is 70.9 cm³/mol. The maximum Gasteiger partial charge on any atom is 0.108 e. The van der Waals surface area contributed by atoms with E-state index in [2.05, 4.69) is 13.8 Å². The molecule has 0 aliphatic carbocycles. The Balaban J connectivity index is 2.50. The first-order chi connectivity index (χ1) is 8.15. The Labute approximate surface area is 105 Å². The molecule has 0 amide bonds. The Hall–Kier alpha value is -0.860. The highest BCUT2D eigenvalue weighted by molar-refractivity contribution is 5.18. The molecule has 0 saturated carbocycles. The Morgan fingerprint density at radius 2 is 1.76 bits per heavy atom. The predicted octanol–water partition coefficient (Wildman–Crippen LogP) is 3.56. The number of rotatable bonds is 7. The van der Waals surface area contributed by atoms with Crippen molar-refractivity contribution in [3.63, 3.8) is 0 Å². The van der Waals surface area contributed by atoms with Gasteiger partial charge in [0.05, 0.1) is 6.10 Å². The zero-order chi connectivity index (χ0) is 12.7. The summed E-state index contributed by atoms with van der Waals surface area (Å²) in [5.41, 5.74) is 1.05. The second-order valence-corrected chi connectivity index (χ2v) is 4.96. The van der Waals surface area contributed by atoms with E-state index in [4.69, 9.17) is 4.74 Å². The molecule has 0 aliphatic rings. The minimum atomic E-state index is -0.416. The lowest BCUT2D eigenvalue weighted by Crippen LogP contribution is -2.20. The quantitative estimate of drug-likeness (QED) is 0.784. The SMILES string of the molecule is COC(c1ccccc1)C(O)CCCC(C)C. The van der Waals surface area contributed by atoms with Crippen molar-refractivity contribution in [1.82, 2.24) is 0 Å². The third-order valence-corrected chi connectivity index (χ3v) is 3.01. The summed E-state index contributed by atoms with van der Waals surface area (Å²) in [6, 6.07) is 9.92. The fraction of sp³-hybridized carbons (Fsp3) is 0.600. The van der Waals surface area contributed by atoms with Gasteiger partial charge < -0.3 is 9.84 Å². The van der Waals surface area contributed by atoms with Gasteiger partial charge in [0, 0.05) is 7.11 Å². The lowest BCUT2D eigenvalue weighted by molar-refractivity contribution is -0.0186. The van der Waals surface area contributed by atoms with Crippen LogP contribution in [-0.4, -0.2) is 18.3 Å². The van der Waals surface area contributed by atoms with Crippen molar-refractivity contribution >= 4 is 0 Å². The van der Waals surface area contributed by atoms with Crippen LogP contribution in [0.5, 0.6) is 0 Å². The first kappa shape index (κ1) is 14.2. The number of aliphatic hydroxyl groups excluding tert-OH is 1. The van der Waals surface area contributed by atoms with Crippen molar-refractivity contribution in [1.29, 1.82) is 0 Å². The molecule has 0 radical (unpaired) electrons. The Kier molecular flexibility index (Phi) is 6.23. The number of methoxy groups -OCH3 is 1. The highest BCUT2D eigenvalue weighted by Gasteiger charge is 2.19. The summed E-state index contributed by atoms with van der Waals surface area (Å²) in [6.45, 7) is 4.41. The summed E-state index contributed by atoms with van der Waals surface area (Å²) in [6.07, 6.45) is 2.38. The molecule has 1 rings (SSSR count). The molecule has 0 spiro atoms. The summed E-state index contributed by atoms with van der Waals surface area (Å²) in [5.74, 6) is 0.694. The molecule has 1 N–H and O–H groups in total. The highest BCUT2D eigenvalue weighted by atomic mass is 16.5. The van der Waals surface area contributed by atoms with E-state index in [0.29, 0.717) is 5.92 Å². The molecule has 0 saturated heterocycles. The van der Waals surface area contributed by atoms with Gasteiger partial charge in [-0.1, -0.05) is 57.0 Å². The molecular weight excluding hydrogens is 212 g/mol. The van der Waals surface area contributed by atoms with Crippen LogP contribution in [0.4, 0.5) is 0 Å². The van der Waals surface area contributed by atoms with Crippen LogP contribution in [0.3, 0.4) is 0 Å². The van der Waals surface area contributed by atoms with E-state index in [9.17, 15) is 5.11 Å². The van der Waals surface area contributed by atoms with E-state index in [-0.39, 0.29) is 6.10 Å². The van der Waals surface area contributed by atoms with E-state index in [1.165, 1.54) is 0 Å². The van der Waals surface area contributed by atoms with Crippen LogP contribution in [0, 0.1) is 5.92 Å². The van der Waals surface area contributed by atoms with Gasteiger partial charge in [0.2, 0.25) is 0 Å². The van der Waals surface area contributed by atoms with E-state index in [1.807, 2.05) is 30.3 Å². The zero-order valence-electron chi connectivity index (χ0n) is 11.1. The molecule has 0 fully saturated rings. The topological polar surface area (TPSA) is 29.5 Å². The molecule has 1 aromatic carbocycles. The normalized spacial score (nSPS) is 14.9. The zero-order valence-corrected chi connectivity index (χ0v) is 11.1. The van der Waals surface area contributed by atoms with Gasteiger partial charge in [0.25, 0.3) is 0 Å². The third kappa shape index (κ3) is 4.88. The fourth-order valence-corrected chi connectivity index (χ4v) is 2.04. The van der Waals surface area contributed by atoms with E-state index in [0.717, 1.165) is 24.8 Å². The first-order valence-corrected chi connectivity index (χ1v) is 6.41. The van der Waals surface area contributed by atoms with Crippen LogP contribution >= 0.6 is 0 Å². The molecule has 1 aromatic rings. The average Bonchev–Trinajstić information content (AvgIpc) is 2.31. The van der Waals surface area contributed by atoms with Crippen LogP contribution in [0.25, 0.3) is 0 Å². The van der Waals surface area contributed by atoms with E-state index < -0.39 is 6.10 Å². The molecule has 2 nitrogen and oxygen atoms in total. The molecule has 2 atom stereocenters. The smallest absolute Gasteiger partial charge is 0.108 e. The molecule has 0 heterocycles. The largest absolute Gasteiger partial charge is 0.390 e. The minimum absolute atomic E-state index is 0.205. The van der Waals surface area contributed by atoms with Crippen LogP contribution in [0.1, 0.15) is 44.8 Å². The Morgan fingerprint density at radius 1 is 1.12 bits per heavy atom. The van der Waals surface area contributed by atoms with Crippen molar-refractivity contribution in [3.05, 3.63) is 35.9 Å². The van der Waals surface area contributed by atoms with Crippen molar-refractivity contribution in [2.45, 2.75) is 45.3 Å². The second kappa shape index (κ2) is 7.46. The van der Waals surface area contributed by atoms with Crippen molar-refractivity contribution in [3.8, 4) is 0 Å². The van der Waals surface area contributed by atoms with Gasteiger partial charge in [-0.25, -0.2) is 0 Å². The number of hydrogen-bond acceptors (Lipinski definition) is 2. The fourth-order valence-electron chi connectivity index (χ4n) is 2.04. The molecular formula is C15H24O2. The molecule has 2 unspecified atom stereocenters. The third-order valence-electron chi connectivity index (χ3n) is 3.01. The average molecular weight is 236 g/mol. The lowest BCUT2D eigenvalue weighted by Gasteiger charge is -2.22. The minimum Gasteiger partial charge on any atom is -0.390 e. The van der Waals surface area contributed by atoms with Gasteiger partial charge in [0.1, 0.15) is 6.10 Å². The molecule has 2 heteroatoms. The van der Waals surface area contributed by atoms with Gasteiger partial charge in [0.15, 0.2) is 0 Å². The lowest BCUT2D eigenvalue weighted by atomic mass is 9.98. The van der Waals surface area contributed by atoms with Crippen LogP contribution < -0.4 is 0 Å². The molecule has 0 bridgehead atoms. The molecule has 0 aromatic heterocycles. The number of hydrogen-bond donors (Lipinski definition) is 1. The summed E-state index contributed by atoms with van der Waals surface area (Å²) >= 11 is 0. The van der Waals surface area contributed by atoms with Gasteiger partial charge in [-0.2, -0.15) is 0 Å². The van der Waals surface area contributed by atoms with Gasteiger partial charge in [-0.3, -0.25) is 0 Å². The van der Waals surface area contributed by atoms with Crippen LogP contribution in [0.2, 0.25) is 0 Å². The van der Waals surface area contributed by atoms with Gasteiger partial charge in [-0.05, 0) is 17.9 Å². The standard InChI is InChI=1S/C15H24O2/c1-12(2)8-7-11-14(16)15(17-3)13-9-5-4-6-10-13/h4-6,9-10,12,14-16H,7-8,11H2,1-3H3. The monoisotopic (exact) mass is 236 g/mol. The summed E-state index contributed by atoms with van der Waals surface area (Å²) in [5, 5.41) is 10.2. The van der Waals surface area contributed by atoms with Gasteiger partial charge >= 0.3 is 0 Å². The second-order valence-electron chi connectivity index (χ2n) is 4.96. The van der Waals surface area contributed by atoms with Gasteiger partial charge in [-0.15, -0.1) is 0 Å². The Bertz CT molecular complexity index is 295. The van der Waals surface area contributed by atoms with Crippen molar-refractivity contribution < 1.29 is 9.84 Å². The van der Waals surface area contributed by atoms with E-state index >= 15 is 0 Å². The molecule has 96 valence electrons.